The third kappa shape index (κ3) is 2.71. The number of ether oxygens (including phenoxy) is 1. The molecule has 1 aromatic rings. The lowest BCUT2D eigenvalue weighted by molar-refractivity contribution is -0.0704. The molecular formula is C18H29NO. The summed E-state index contributed by atoms with van der Waals surface area (Å²) < 4.78 is 6.34. The first-order chi connectivity index (χ1) is 9.52. The number of nitrogens with one attached hydrogen (secondary N) is 1. The molecule has 2 rings (SSSR count). The highest BCUT2D eigenvalue weighted by atomic mass is 16.5. The van der Waals surface area contributed by atoms with E-state index in [1.807, 2.05) is 0 Å². The Kier molecular flexibility index (Phi) is 4.74. The predicted molar refractivity (Wildman–Crippen MR) is 85.4 cm³/mol. The molecule has 3 unspecified atom stereocenters. The third-order valence-electron chi connectivity index (χ3n) is 5.21. The summed E-state index contributed by atoms with van der Waals surface area (Å²) in [5.74, 6) is 1.06. The monoisotopic (exact) mass is 275 g/mol. The van der Waals surface area contributed by atoms with Crippen LogP contribution >= 0.6 is 0 Å². The highest BCUT2D eigenvalue weighted by molar-refractivity contribution is 5.38. The van der Waals surface area contributed by atoms with Gasteiger partial charge in [-0.05, 0) is 50.4 Å². The van der Waals surface area contributed by atoms with Gasteiger partial charge >= 0.3 is 0 Å². The van der Waals surface area contributed by atoms with Crippen LogP contribution in [0.25, 0.3) is 0 Å². The Hall–Kier alpha value is -1.02. The summed E-state index contributed by atoms with van der Waals surface area (Å²) in [7, 11) is 0. The van der Waals surface area contributed by atoms with Crippen molar-refractivity contribution in [3.8, 4) is 5.75 Å². The van der Waals surface area contributed by atoms with Crippen LogP contribution in [0, 0.1) is 19.3 Å². The number of aryl methyl sites for hydroxylation is 1. The Morgan fingerprint density at radius 2 is 2.05 bits per heavy atom. The molecule has 20 heavy (non-hydrogen) atoms. The molecule has 1 N–H and O–H groups in total. The number of rotatable bonds is 6. The van der Waals surface area contributed by atoms with E-state index in [0.717, 1.165) is 25.1 Å². The first-order valence-corrected chi connectivity index (χ1v) is 7.99. The SMILES string of the molecule is CCCNC1CC(Oc2cccc(C)c2C)C1(C)CC. The second-order valence-corrected chi connectivity index (χ2v) is 6.41. The fourth-order valence-corrected chi connectivity index (χ4v) is 3.11. The second-order valence-electron chi connectivity index (χ2n) is 6.41. The minimum absolute atomic E-state index is 0.255. The summed E-state index contributed by atoms with van der Waals surface area (Å²) in [4.78, 5) is 0. The van der Waals surface area contributed by atoms with Gasteiger partial charge in [0, 0.05) is 17.9 Å². The molecule has 1 fully saturated rings. The molecule has 0 amide bonds. The molecular weight excluding hydrogens is 246 g/mol. The maximum Gasteiger partial charge on any atom is 0.122 e. The van der Waals surface area contributed by atoms with E-state index in [1.165, 1.54) is 17.5 Å². The Bertz CT molecular complexity index is 457. The highest BCUT2D eigenvalue weighted by Gasteiger charge is 2.51. The van der Waals surface area contributed by atoms with Crippen LogP contribution in [0.2, 0.25) is 0 Å². The van der Waals surface area contributed by atoms with E-state index in [1.54, 1.807) is 0 Å². The van der Waals surface area contributed by atoms with Crippen molar-refractivity contribution in [2.45, 2.75) is 66.0 Å². The molecule has 2 heteroatoms. The van der Waals surface area contributed by atoms with Crippen molar-refractivity contribution in [3.05, 3.63) is 29.3 Å². The van der Waals surface area contributed by atoms with E-state index >= 15 is 0 Å². The second kappa shape index (κ2) is 6.17. The van der Waals surface area contributed by atoms with Gasteiger partial charge in [-0.3, -0.25) is 0 Å². The van der Waals surface area contributed by atoms with Crippen LogP contribution in [-0.2, 0) is 0 Å². The molecule has 0 aliphatic heterocycles. The first kappa shape index (κ1) is 15.4. The van der Waals surface area contributed by atoms with Gasteiger partial charge in [0.1, 0.15) is 11.9 Å². The van der Waals surface area contributed by atoms with Crippen LogP contribution in [0.5, 0.6) is 5.75 Å². The lowest BCUT2D eigenvalue weighted by Crippen LogP contribution is -2.63. The molecule has 3 atom stereocenters. The molecule has 1 aromatic carbocycles. The smallest absolute Gasteiger partial charge is 0.122 e. The van der Waals surface area contributed by atoms with Crippen molar-refractivity contribution >= 4 is 0 Å². The van der Waals surface area contributed by atoms with Crippen LogP contribution in [0.3, 0.4) is 0 Å². The maximum absolute atomic E-state index is 6.34. The van der Waals surface area contributed by atoms with Gasteiger partial charge in [0.25, 0.3) is 0 Å². The Morgan fingerprint density at radius 1 is 1.30 bits per heavy atom. The van der Waals surface area contributed by atoms with Crippen molar-refractivity contribution in [3.63, 3.8) is 0 Å². The van der Waals surface area contributed by atoms with Crippen LogP contribution in [0.1, 0.15) is 51.2 Å². The summed E-state index contributed by atoms with van der Waals surface area (Å²) in [5.41, 5.74) is 2.84. The average molecular weight is 275 g/mol. The summed E-state index contributed by atoms with van der Waals surface area (Å²) in [6.45, 7) is 12.3. The van der Waals surface area contributed by atoms with E-state index in [-0.39, 0.29) is 5.41 Å². The molecule has 0 spiro atoms. The zero-order valence-electron chi connectivity index (χ0n) is 13.6. The molecule has 0 radical (unpaired) electrons. The average Bonchev–Trinajstić information content (AvgIpc) is 2.45. The molecule has 2 nitrogen and oxygen atoms in total. The maximum atomic E-state index is 6.34. The largest absolute Gasteiger partial charge is 0.489 e. The lowest BCUT2D eigenvalue weighted by atomic mass is 9.61. The molecule has 112 valence electrons. The Morgan fingerprint density at radius 3 is 2.70 bits per heavy atom. The minimum atomic E-state index is 0.255. The topological polar surface area (TPSA) is 21.3 Å². The van der Waals surface area contributed by atoms with E-state index in [4.69, 9.17) is 4.74 Å². The van der Waals surface area contributed by atoms with Gasteiger partial charge in [-0.15, -0.1) is 0 Å². The van der Waals surface area contributed by atoms with Crippen molar-refractivity contribution in [1.29, 1.82) is 0 Å². The summed E-state index contributed by atoms with van der Waals surface area (Å²) >= 11 is 0. The summed E-state index contributed by atoms with van der Waals surface area (Å²) in [5, 5.41) is 3.67. The van der Waals surface area contributed by atoms with E-state index < -0.39 is 0 Å². The summed E-state index contributed by atoms with van der Waals surface area (Å²) in [6.07, 6.45) is 3.81. The zero-order chi connectivity index (χ0) is 14.8. The highest BCUT2D eigenvalue weighted by Crippen LogP contribution is 2.46. The van der Waals surface area contributed by atoms with Gasteiger partial charge in [0.2, 0.25) is 0 Å². The molecule has 0 saturated heterocycles. The van der Waals surface area contributed by atoms with Crippen LogP contribution < -0.4 is 10.1 Å². The molecule has 1 saturated carbocycles. The van der Waals surface area contributed by atoms with Gasteiger partial charge in [-0.25, -0.2) is 0 Å². The predicted octanol–water partition coefficient (Wildman–Crippen LogP) is 4.24. The normalized spacial score (nSPS) is 29.1. The standard InChI is InChI=1S/C18H29NO/c1-6-11-19-16-12-17(18(16,5)7-2)20-15-10-8-9-13(3)14(15)4/h8-10,16-17,19H,6-7,11-12H2,1-5H3. The van der Waals surface area contributed by atoms with E-state index in [9.17, 15) is 0 Å². The fourth-order valence-electron chi connectivity index (χ4n) is 3.11. The minimum Gasteiger partial charge on any atom is -0.489 e. The van der Waals surface area contributed by atoms with Crippen molar-refractivity contribution in [1.82, 2.24) is 5.32 Å². The van der Waals surface area contributed by atoms with Crippen LogP contribution in [-0.4, -0.2) is 18.7 Å². The summed E-state index contributed by atoms with van der Waals surface area (Å²) in [6, 6.07) is 6.94. The van der Waals surface area contributed by atoms with Crippen molar-refractivity contribution < 1.29 is 4.74 Å². The molecule has 1 aliphatic carbocycles. The molecule has 0 aromatic heterocycles. The molecule has 0 bridgehead atoms. The first-order valence-electron chi connectivity index (χ1n) is 7.99. The van der Waals surface area contributed by atoms with Crippen molar-refractivity contribution in [2.24, 2.45) is 5.41 Å². The van der Waals surface area contributed by atoms with Crippen molar-refractivity contribution in [2.75, 3.05) is 6.54 Å². The van der Waals surface area contributed by atoms with Gasteiger partial charge < -0.3 is 10.1 Å². The molecule has 0 heterocycles. The quantitative estimate of drug-likeness (QED) is 0.838. The van der Waals surface area contributed by atoms with E-state index in [2.05, 4.69) is 58.1 Å². The Balaban J connectivity index is 2.05. The van der Waals surface area contributed by atoms with Gasteiger partial charge in [0.05, 0.1) is 0 Å². The van der Waals surface area contributed by atoms with E-state index in [0.29, 0.717) is 12.1 Å². The van der Waals surface area contributed by atoms with Crippen LogP contribution in [0.15, 0.2) is 18.2 Å². The molecule has 1 aliphatic rings. The van der Waals surface area contributed by atoms with Gasteiger partial charge in [-0.2, -0.15) is 0 Å². The lowest BCUT2D eigenvalue weighted by Gasteiger charge is -2.53. The van der Waals surface area contributed by atoms with Gasteiger partial charge in [-0.1, -0.05) is 32.9 Å². The van der Waals surface area contributed by atoms with Gasteiger partial charge in [0.15, 0.2) is 0 Å². The number of hydrogen-bond donors (Lipinski definition) is 1. The zero-order valence-corrected chi connectivity index (χ0v) is 13.6. The number of hydrogen-bond acceptors (Lipinski definition) is 2. The Labute approximate surface area is 123 Å². The fraction of sp³-hybridized carbons (Fsp3) is 0.667. The number of benzene rings is 1. The van der Waals surface area contributed by atoms with Crippen LogP contribution in [0.4, 0.5) is 0 Å². The third-order valence-corrected chi connectivity index (χ3v) is 5.21.